The molecule has 4 heteroatoms. The highest BCUT2D eigenvalue weighted by atomic mass is 15.0. The molecule has 0 aliphatic heterocycles. The predicted molar refractivity (Wildman–Crippen MR) is 102 cm³/mol. The summed E-state index contributed by atoms with van der Waals surface area (Å²) in [6.07, 6.45) is 8.11. The van der Waals surface area contributed by atoms with Crippen molar-refractivity contribution in [2.75, 3.05) is 11.9 Å². The van der Waals surface area contributed by atoms with Crippen molar-refractivity contribution in [2.24, 2.45) is 5.73 Å². The second-order valence-electron chi connectivity index (χ2n) is 7.61. The monoisotopic (exact) mass is 336 g/mol. The van der Waals surface area contributed by atoms with Crippen LogP contribution in [-0.2, 0) is 6.42 Å². The molecule has 0 amide bonds. The van der Waals surface area contributed by atoms with E-state index in [0.29, 0.717) is 17.9 Å². The Labute approximate surface area is 150 Å². The quantitative estimate of drug-likeness (QED) is 0.715. The highest BCUT2D eigenvalue weighted by Crippen LogP contribution is 2.41. The molecule has 0 spiro atoms. The van der Waals surface area contributed by atoms with E-state index in [1.807, 2.05) is 0 Å². The van der Waals surface area contributed by atoms with Gasteiger partial charge in [-0.25, -0.2) is 9.97 Å². The fraction of sp³-hybridized carbons (Fsp3) is 0.524. The molecule has 2 saturated carbocycles. The molecule has 2 aromatic rings. The van der Waals surface area contributed by atoms with Gasteiger partial charge < -0.3 is 11.1 Å². The lowest BCUT2D eigenvalue weighted by molar-refractivity contribution is 0.344. The van der Waals surface area contributed by atoms with Crippen molar-refractivity contribution in [3.63, 3.8) is 0 Å². The fourth-order valence-corrected chi connectivity index (χ4v) is 3.53. The Bertz CT molecular complexity index is 690. The highest BCUT2D eigenvalue weighted by molar-refractivity contribution is 5.38. The zero-order valence-electron chi connectivity index (χ0n) is 14.8. The number of benzene rings is 1. The first-order valence-corrected chi connectivity index (χ1v) is 9.70. The lowest BCUT2D eigenvalue weighted by atomic mass is 9.78. The third kappa shape index (κ3) is 4.37. The summed E-state index contributed by atoms with van der Waals surface area (Å²) >= 11 is 0. The van der Waals surface area contributed by atoms with Crippen molar-refractivity contribution in [2.45, 2.75) is 62.8 Å². The zero-order chi connectivity index (χ0) is 17.1. The van der Waals surface area contributed by atoms with Gasteiger partial charge in [0.1, 0.15) is 11.6 Å². The Hall–Kier alpha value is -1.94. The first-order chi connectivity index (χ1) is 12.3. The van der Waals surface area contributed by atoms with Crippen LogP contribution in [0.15, 0.2) is 36.4 Å². The smallest absolute Gasteiger partial charge is 0.134 e. The number of nitrogens with two attached hydrogens (primary N) is 1. The number of unbranched alkanes of at least 4 members (excludes halogenated alkanes) is 1. The Kier molecular flexibility index (Phi) is 4.97. The average molecular weight is 336 g/mol. The summed E-state index contributed by atoms with van der Waals surface area (Å²) < 4.78 is 0. The van der Waals surface area contributed by atoms with E-state index in [9.17, 15) is 0 Å². The van der Waals surface area contributed by atoms with Crippen LogP contribution in [0.2, 0.25) is 0 Å². The van der Waals surface area contributed by atoms with Crippen LogP contribution in [0.4, 0.5) is 5.82 Å². The minimum Gasteiger partial charge on any atom is -0.370 e. The molecule has 3 N–H and O–H groups in total. The molecule has 0 atom stereocenters. The molecule has 1 aromatic heterocycles. The zero-order valence-corrected chi connectivity index (χ0v) is 14.8. The summed E-state index contributed by atoms with van der Waals surface area (Å²) in [7, 11) is 0. The Morgan fingerprint density at radius 3 is 2.52 bits per heavy atom. The standard InChI is InChI=1S/C21H28N4/c22-18-12-17(13-18)19-14-20(25-21(24-19)16-9-10-16)23-11-5-4-8-15-6-2-1-3-7-15/h1-3,6-7,14,16-18H,4-5,8-13,22H2,(H,23,24,25). The average Bonchev–Trinajstić information content (AvgIpc) is 3.44. The van der Waals surface area contributed by atoms with Gasteiger partial charge in [-0.2, -0.15) is 0 Å². The molecular formula is C21H28N4. The van der Waals surface area contributed by atoms with Gasteiger partial charge in [0.05, 0.1) is 0 Å². The van der Waals surface area contributed by atoms with Crippen molar-refractivity contribution >= 4 is 5.82 Å². The van der Waals surface area contributed by atoms with Crippen LogP contribution in [0, 0.1) is 0 Å². The molecule has 2 fully saturated rings. The Morgan fingerprint density at radius 2 is 1.80 bits per heavy atom. The number of aromatic nitrogens is 2. The number of hydrogen-bond donors (Lipinski definition) is 2. The van der Waals surface area contributed by atoms with Gasteiger partial charge in [-0.15, -0.1) is 0 Å². The fourth-order valence-electron chi connectivity index (χ4n) is 3.53. The number of aryl methyl sites for hydroxylation is 1. The highest BCUT2D eigenvalue weighted by Gasteiger charge is 2.32. The summed E-state index contributed by atoms with van der Waals surface area (Å²) in [5.41, 5.74) is 8.58. The molecule has 2 aliphatic carbocycles. The van der Waals surface area contributed by atoms with Gasteiger partial charge in [0.2, 0.25) is 0 Å². The van der Waals surface area contributed by atoms with E-state index >= 15 is 0 Å². The third-order valence-electron chi connectivity index (χ3n) is 5.34. The summed E-state index contributed by atoms with van der Waals surface area (Å²) in [6, 6.07) is 13.2. The van der Waals surface area contributed by atoms with Crippen LogP contribution in [0.3, 0.4) is 0 Å². The maximum absolute atomic E-state index is 5.96. The molecule has 0 radical (unpaired) electrons. The minimum atomic E-state index is 0.360. The maximum Gasteiger partial charge on any atom is 0.134 e. The Morgan fingerprint density at radius 1 is 1.00 bits per heavy atom. The van der Waals surface area contributed by atoms with Gasteiger partial charge in [0.25, 0.3) is 0 Å². The molecule has 4 nitrogen and oxygen atoms in total. The SMILES string of the molecule is NC1CC(c2cc(NCCCCc3ccccc3)nc(C3CC3)n2)C1. The van der Waals surface area contributed by atoms with Crippen LogP contribution in [-0.4, -0.2) is 22.6 Å². The molecule has 0 bridgehead atoms. The summed E-state index contributed by atoms with van der Waals surface area (Å²) in [5.74, 6) is 3.18. The molecule has 1 heterocycles. The second-order valence-corrected chi connectivity index (χ2v) is 7.61. The van der Waals surface area contributed by atoms with Crippen molar-refractivity contribution < 1.29 is 0 Å². The van der Waals surface area contributed by atoms with Crippen molar-refractivity contribution in [3.05, 3.63) is 53.5 Å². The van der Waals surface area contributed by atoms with E-state index in [-0.39, 0.29) is 0 Å². The van der Waals surface area contributed by atoms with Gasteiger partial charge in [-0.3, -0.25) is 0 Å². The number of nitrogens with zero attached hydrogens (tertiary/aromatic N) is 2. The summed E-state index contributed by atoms with van der Waals surface area (Å²) in [4.78, 5) is 9.59. The third-order valence-corrected chi connectivity index (χ3v) is 5.34. The maximum atomic E-state index is 5.96. The largest absolute Gasteiger partial charge is 0.370 e. The van der Waals surface area contributed by atoms with Crippen LogP contribution in [0.1, 0.15) is 67.4 Å². The first kappa shape index (κ1) is 16.5. The van der Waals surface area contributed by atoms with E-state index < -0.39 is 0 Å². The van der Waals surface area contributed by atoms with E-state index in [2.05, 4.69) is 41.7 Å². The molecule has 1 aromatic carbocycles. The van der Waals surface area contributed by atoms with Crippen LogP contribution in [0.5, 0.6) is 0 Å². The predicted octanol–water partition coefficient (Wildman–Crippen LogP) is 3.99. The normalized spacial score (nSPS) is 22.4. The second kappa shape index (κ2) is 7.52. The first-order valence-electron chi connectivity index (χ1n) is 9.70. The molecule has 0 saturated heterocycles. The topological polar surface area (TPSA) is 63.8 Å². The van der Waals surface area contributed by atoms with Gasteiger partial charge in [-0.05, 0) is 50.5 Å². The van der Waals surface area contributed by atoms with Crippen LogP contribution >= 0.6 is 0 Å². The van der Waals surface area contributed by atoms with E-state index in [0.717, 1.165) is 43.9 Å². The van der Waals surface area contributed by atoms with Crippen molar-refractivity contribution in [3.8, 4) is 0 Å². The molecular weight excluding hydrogens is 308 g/mol. The minimum absolute atomic E-state index is 0.360. The molecule has 25 heavy (non-hydrogen) atoms. The van der Waals surface area contributed by atoms with Crippen LogP contribution in [0.25, 0.3) is 0 Å². The van der Waals surface area contributed by atoms with Gasteiger partial charge in [-0.1, -0.05) is 30.3 Å². The van der Waals surface area contributed by atoms with E-state index in [1.165, 1.54) is 30.5 Å². The number of rotatable bonds is 8. The van der Waals surface area contributed by atoms with E-state index in [1.54, 1.807) is 0 Å². The summed E-state index contributed by atoms with van der Waals surface area (Å²) in [6.45, 7) is 0.970. The van der Waals surface area contributed by atoms with Gasteiger partial charge in [0, 0.05) is 36.2 Å². The van der Waals surface area contributed by atoms with Crippen molar-refractivity contribution in [1.82, 2.24) is 9.97 Å². The van der Waals surface area contributed by atoms with Crippen molar-refractivity contribution in [1.29, 1.82) is 0 Å². The summed E-state index contributed by atoms with van der Waals surface area (Å²) in [5, 5.41) is 3.53. The molecule has 2 aliphatic rings. The van der Waals surface area contributed by atoms with Gasteiger partial charge in [0.15, 0.2) is 0 Å². The molecule has 132 valence electrons. The van der Waals surface area contributed by atoms with Gasteiger partial charge >= 0.3 is 0 Å². The van der Waals surface area contributed by atoms with Crippen LogP contribution < -0.4 is 11.1 Å². The lowest BCUT2D eigenvalue weighted by Gasteiger charge is -2.32. The number of hydrogen-bond acceptors (Lipinski definition) is 4. The number of anilines is 1. The molecule has 4 rings (SSSR count). The Balaban J connectivity index is 1.30. The lowest BCUT2D eigenvalue weighted by Crippen LogP contribution is -2.35. The van der Waals surface area contributed by atoms with E-state index in [4.69, 9.17) is 15.7 Å². The molecule has 0 unspecified atom stereocenters. The number of nitrogens with one attached hydrogen (secondary N) is 1.